The highest BCUT2D eigenvalue weighted by molar-refractivity contribution is 6.29. The Bertz CT molecular complexity index is 377. The number of hydrogen-bond donors (Lipinski definition) is 1. The van der Waals surface area contributed by atoms with Gasteiger partial charge in [-0.3, -0.25) is 0 Å². The second-order valence-corrected chi connectivity index (χ2v) is 4.90. The van der Waals surface area contributed by atoms with Crippen LogP contribution < -0.4 is 10.6 Å². The number of hydrogen-bond acceptors (Lipinski definition) is 4. The van der Waals surface area contributed by atoms with E-state index in [0.29, 0.717) is 10.8 Å². The van der Waals surface area contributed by atoms with Crippen LogP contribution in [0.1, 0.15) is 12.8 Å². The van der Waals surface area contributed by atoms with Crippen LogP contribution >= 0.6 is 11.6 Å². The number of anilines is 2. The minimum atomic E-state index is 0.488. The molecule has 4 nitrogen and oxygen atoms in total. The quantitative estimate of drug-likeness (QED) is 0.833. The van der Waals surface area contributed by atoms with Gasteiger partial charge in [0.05, 0.1) is 5.69 Å². The van der Waals surface area contributed by atoms with Crippen LogP contribution in [-0.4, -0.2) is 43.1 Å². The molecule has 1 aromatic heterocycles. The molecule has 5 heteroatoms. The molecule has 1 aliphatic heterocycles. The van der Waals surface area contributed by atoms with Gasteiger partial charge in [-0.1, -0.05) is 11.6 Å². The molecule has 0 amide bonds. The largest absolute Gasteiger partial charge is 0.396 e. The maximum absolute atomic E-state index is 5.90. The Morgan fingerprint density at radius 1 is 1.41 bits per heavy atom. The number of pyridine rings is 1. The first-order chi connectivity index (χ1) is 8.16. The lowest BCUT2D eigenvalue weighted by molar-refractivity contribution is 0.346. The van der Waals surface area contributed by atoms with E-state index in [4.69, 9.17) is 17.3 Å². The second-order valence-electron chi connectivity index (χ2n) is 4.52. The molecule has 2 N–H and O–H groups in total. The van der Waals surface area contributed by atoms with E-state index in [1.165, 1.54) is 25.9 Å². The summed E-state index contributed by atoms with van der Waals surface area (Å²) < 4.78 is 0. The number of nitrogens with two attached hydrogens (primary N) is 1. The van der Waals surface area contributed by atoms with Gasteiger partial charge in [0.15, 0.2) is 5.82 Å². The molecule has 0 atom stereocenters. The maximum Gasteiger partial charge on any atom is 0.153 e. The smallest absolute Gasteiger partial charge is 0.153 e. The highest BCUT2D eigenvalue weighted by Gasteiger charge is 2.13. The summed E-state index contributed by atoms with van der Waals surface area (Å²) in [6.45, 7) is 4.42. The molecule has 1 saturated heterocycles. The number of rotatable bonds is 4. The zero-order valence-corrected chi connectivity index (χ0v) is 11.0. The molecule has 0 saturated carbocycles. The molecule has 0 aromatic carbocycles. The maximum atomic E-state index is 5.90. The van der Waals surface area contributed by atoms with E-state index >= 15 is 0 Å². The summed E-state index contributed by atoms with van der Waals surface area (Å²) in [4.78, 5) is 8.80. The van der Waals surface area contributed by atoms with Crippen molar-refractivity contribution >= 4 is 23.1 Å². The number of nitrogen functional groups attached to an aromatic ring is 1. The summed E-state index contributed by atoms with van der Waals surface area (Å²) in [5, 5.41) is 0.488. The Balaban J connectivity index is 1.93. The molecule has 1 fully saturated rings. The van der Waals surface area contributed by atoms with Gasteiger partial charge in [0.2, 0.25) is 0 Å². The summed E-state index contributed by atoms with van der Waals surface area (Å²) in [5.41, 5.74) is 6.58. The molecule has 0 bridgehead atoms. The lowest BCUT2D eigenvalue weighted by Crippen LogP contribution is -2.32. The summed E-state index contributed by atoms with van der Waals surface area (Å²) in [7, 11) is 2.01. The fraction of sp³-hybridized carbons (Fsp3) is 0.583. The first kappa shape index (κ1) is 12.5. The zero-order valence-electron chi connectivity index (χ0n) is 10.2. The van der Waals surface area contributed by atoms with Gasteiger partial charge in [0.25, 0.3) is 0 Å². The monoisotopic (exact) mass is 254 g/mol. The van der Waals surface area contributed by atoms with E-state index in [1.54, 1.807) is 12.1 Å². The van der Waals surface area contributed by atoms with Gasteiger partial charge >= 0.3 is 0 Å². The van der Waals surface area contributed by atoms with Crippen LogP contribution in [0.15, 0.2) is 12.1 Å². The van der Waals surface area contributed by atoms with Crippen LogP contribution in [0.3, 0.4) is 0 Å². The molecule has 94 valence electrons. The third-order valence-corrected chi connectivity index (χ3v) is 3.39. The fourth-order valence-corrected chi connectivity index (χ4v) is 2.29. The van der Waals surface area contributed by atoms with Crippen molar-refractivity contribution in [1.29, 1.82) is 0 Å². The van der Waals surface area contributed by atoms with Crippen LogP contribution in [0.2, 0.25) is 5.15 Å². The summed E-state index contributed by atoms with van der Waals surface area (Å²) in [6, 6.07) is 3.52. The molecular formula is C12H19ClN4. The molecule has 2 rings (SSSR count). The highest BCUT2D eigenvalue weighted by atomic mass is 35.5. The second kappa shape index (κ2) is 5.56. The molecule has 1 aromatic rings. The van der Waals surface area contributed by atoms with Gasteiger partial charge in [-0.05, 0) is 38.1 Å². The minimum Gasteiger partial charge on any atom is -0.396 e. The van der Waals surface area contributed by atoms with Gasteiger partial charge in [-0.2, -0.15) is 0 Å². The van der Waals surface area contributed by atoms with Gasteiger partial charge in [0, 0.05) is 20.1 Å². The topological polar surface area (TPSA) is 45.4 Å². The molecule has 1 aliphatic rings. The van der Waals surface area contributed by atoms with Gasteiger partial charge < -0.3 is 15.5 Å². The summed E-state index contributed by atoms with van der Waals surface area (Å²) in [5.74, 6) is 0.775. The van der Waals surface area contributed by atoms with E-state index in [0.717, 1.165) is 18.9 Å². The van der Waals surface area contributed by atoms with Crippen LogP contribution in [-0.2, 0) is 0 Å². The standard InChI is InChI=1S/C12H19ClN4/c1-16(8-9-17-6-2-3-7-17)12-10(14)4-5-11(13)15-12/h4-5H,2-3,6-9,14H2,1H3. The number of halogens is 1. The summed E-state index contributed by atoms with van der Waals surface area (Å²) >= 11 is 5.88. The van der Waals surface area contributed by atoms with Crippen LogP contribution in [0.5, 0.6) is 0 Å². The van der Waals surface area contributed by atoms with Gasteiger partial charge in [-0.15, -0.1) is 0 Å². The van der Waals surface area contributed by atoms with E-state index in [9.17, 15) is 0 Å². The van der Waals surface area contributed by atoms with Crippen molar-refractivity contribution in [3.63, 3.8) is 0 Å². The molecule has 0 spiro atoms. The van der Waals surface area contributed by atoms with Crippen LogP contribution in [0.4, 0.5) is 11.5 Å². The predicted molar refractivity (Wildman–Crippen MR) is 72.6 cm³/mol. The zero-order chi connectivity index (χ0) is 12.3. The Labute approximate surface area is 107 Å². The molecule has 0 aliphatic carbocycles. The molecular weight excluding hydrogens is 236 g/mol. The van der Waals surface area contributed by atoms with Crippen molar-refractivity contribution < 1.29 is 0 Å². The van der Waals surface area contributed by atoms with Crippen molar-refractivity contribution in [2.75, 3.05) is 43.9 Å². The number of aromatic nitrogens is 1. The average Bonchev–Trinajstić information content (AvgIpc) is 2.82. The normalized spacial score (nSPS) is 16.4. The van der Waals surface area contributed by atoms with Crippen molar-refractivity contribution in [2.24, 2.45) is 0 Å². The Kier molecular flexibility index (Phi) is 4.07. The average molecular weight is 255 g/mol. The van der Waals surface area contributed by atoms with E-state index in [1.807, 2.05) is 7.05 Å². The highest BCUT2D eigenvalue weighted by Crippen LogP contribution is 2.21. The Morgan fingerprint density at radius 3 is 2.82 bits per heavy atom. The Hall–Kier alpha value is -1.00. The number of likely N-dealkylation sites (N-methyl/N-ethyl adjacent to an activating group) is 1. The molecule has 2 heterocycles. The third-order valence-electron chi connectivity index (χ3n) is 3.18. The lowest BCUT2D eigenvalue weighted by Gasteiger charge is -2.23. The van der Waals surface area contributed by atoms with Crippen LogP contribution in [0, 0.1) is 0 Å². The van der Waals surface area contributed by atoms with Crippen molar-refractivity contribution in [3.05, 3.63) is 17.3 Å². The van der Waals surface area contributed by atoms with E-state index in [-0.39, 0.29) is 0 Å². The predicted octanol–water partition coefficient (Wildman–Crippen LogP) is 1.85. The molecule has 0 radical (unpaired) electrons. The van der Waals surface area contributed by atoms with Crippen LogP contribution in [0.25, 0.3) is 0 Å². The number of nitrogens with zero attached hydrogens (tertiary/aromatic N) is 3. The van der Waals surface area contributed by atoms with E-state index in [2.05, 4.69) is 14.8 Å². The Morgan fingerprint density at radius 2 is 2.12 bits per heavy atom. The number of likely N-dealkylation sites (tertiary alicyclic amines) is 1. The van der Waals surface area contributed by atoms with Crippen molar-refractivity contribution in [3.8, 4) is 0 Å². The summed E-state index contributed by atoms with van der Waals surface area (Å²) in [6.07, 6.45) is 2.64. The first-order valence-electron chi connectivity index (χ1n) is 6.02. The minimum absolute atomic E-state index is 0.488. The van der Waals surface area contributed by atoms with E-state index < -0.39 is 0 Å². The van der Waals surface area contributed by atoms with Gasteiger partial charge in [-0.25, -0.2) is 4.98 Å². The van der Waals surface area contributed by atoms with Gasteiger partial charge in [0.1, 0.15) is 5.15 Å². The third kappa shape index (κ3) is 3.23. The van der Waals surface area contributed by atoms with Crippen molar-refractivity contribution in [2.45, 2.75) is 12.8 Å². The molecule has 17 heavy (non-hydrogen) atoms. The lowest BCUT2D eigenvalue weighted by atomic mass is 10.3. The fourth-order valence-electron chi connectivity index (χ4n) is 2.15. The van der Waals surface area contributed by atoms with Crippen molar-refractivity contribution in [1.82, 2.24) is 9.88 Å². The first-order valence-corrected chi connectivity index (χ1v) is 6.40. The SMILES string of the molecule is CN(CCN1CCCC1)c1nc(Cl)ccc1N. The molecule has 0 unspecified atom stereocenters.